The van der Waals surface area contributed by atoms with Gasteiger partial charge in [-0.15, -0.1) is 11.3 Å². The van der Waals surface area contributed by atoms with E-state index in [2.05, 4.69) is 4.98 Å². The van der Waals surface area contributed by atoms with Gasteiger partial charge in [-0.25, -0.2) is 9.78 Å². The van der Waals surface area contributed by atoms with Crippen molar-refractivity contribution >= 4 is 27.5 Å². The standard InChI is InChI=1S/C31H35N3O8S/c1-18-24-27(35)34(19-15-31(2,16-19)29(36)39-4)30(37)33(28(24)43-25(18)26-32-11-14-41-26)17-23(42-20-9-12-40-13-10-20)21-7-5-6-8-22(21)38-3/h5-8,11,14,19-20,23H,9-10,12-13,15-17H2,1-4H3/t19-,23-,31-/m0/s1. The quantitative estimate of drug-likeness (QED) is 0.250. The van der Waals surface area contributed by atoms with E-state index in [1.165, 1.54) is 29.3 Å². The first-order valence-electron chi connectivity index (χ1n) is 14.4. The lowest BCUT2D eigenvalue weighted by atomic mass is 9.66. The molecule has 1 saturated heterocycles. The summed E-state index contributed by atoms with van der Waals surface area (Å²) in [5, 5.41) is 0.425. The topological polar surface area (TPSA) is 124 Å². The summed E-state index contributed by atoms with van der Waals surface area (Å²) in [6.07, 6.45) is 4.51. The number of benzene rings is 1. The number of aryl methyl sites for hydroxylation is 1. The van der Waals surface area contributed by atoms with Crippen molar-refractivity contribution in [3.63, 3.8) is 0 Å². The molecule has 1 aliphatic carbocycles. The molecule has 12 heteroatoms. The largest absolute Gasteiger partial charge is 0.496 e. The van der Waals surface area contributed by atoms with Crippen LogP contribution in [-0.2, 0) is 25.5 Å². The Kier molecular flexibility index (Phi) is 8.01. The molecule has 0 amide bonds. The molecule has 3 aromatic heterocycles. The second-order valence-electron chi connectivity index (χ2n) is 11.4. The Morgan fingerprint density at radius 2 is 1.93 bits per heavy atom. The molecule has 4 heterocycles. The van der Waals surface area contributed by atoms with Crippen molar-refractivity contribution in [2.24, 2.45) is 5.41 Å². The normalized spacial score (nSPS) is 21.4. The maximum atomic E-state index is 14.4. The van der Waals surface area contributed by atoms with Crippen LogP contribution in [0, 0.1) is 12.3 Å². The minimum absolute atomic E-state index is 0.0684. The third kappa shape index (κ3) is 5.21. The van der Waals surface area contributed by atoms with E-state index in [1.54, 1.807) is 24.8 Å². The number of fused-ring (bicyclic) bond motifs is 1. The summed E-state index contributed by atoms with van der Waals surface area (Å²) in [6, 6.07) is 7.15. The van der Waals surface area contributed by atoms with Crippen molar-refractivity contribution in [1.29, 1.82) is 0 Å². The fourth-order valence-electron chi connectivity index (χ4n) is 6.32. The van der Waals surface area contributed by atoms with Gasteiger partial charge in [0.1, 0.15) is 22.9 Å². The fraction of sp³-hybridized carbons (Fsp3) is 0.484. The highest BCUT2D eigenvalue weighted by Gasteiger charge is 2.49. The SMILES string of the molecule is COc1ccccc1[C@H](Cn1c(=O)n([C@H]2C[C@](C)(C(=O)OC)C2)c(=O)c2c(C)c(-c3ncco3)sc21)OC1CCOCC1. The van der Waals surface area contributed by atoms with Crippen LogP contribution in [0.25, 0.3) is 21.0 Å². The van der Waals surface area contributed by atoms with Crippen molar-refractivity contribution in [1.82, 2.24) is 14.1 Å². The summed E-state index contributed by atoms with van der Waals surface area (Å²) in [4.78, 5) is 46.4. The molecule has 1 atom stereocenters. The van der Waals surface area contributed by atoms with Gasteiger partial charge < -0.3 is 23.4 Å². The minimum Gasteiger partial charge on any atom is -0.496 e. The van der Waals surface area contributed by atoms with Crippen LogP contribution in [0.5, 0.6) is 5.75 Å². The van der Waals surface area contributed by atoms with Gasteiger partial charge in [0, 0.05) is 24.8 Å². The Morgan fingerprint density at radius 1 is 1.19 bits per heavy atom. The van der Waals surface area contributed by atoms with E-state index in [0.717, 1.165) is 18.4 Å². The zero-order chi connectivity index (χ0) is 30.3. The van der Waals surface area contributed by atoms with Gasteiger partial charge in [0.05, 0.1) is 48.7 Å². The Hall–Kier alpha value is -3.74. The molecular formula is C31H35N3O8S. The third-order valence-corrected chi connectivity index (χ3v) is 9.95. The molecule has 43 heavy (non-hydrogen) atoms. The number of oxazole rings is 1. The summed E-state index contributed by atoms with van der Waals surface area (Å²) in [7, 11) is 2.95. The van der Waals surface area contributed by atoms with E-state index < -0.39 is 23.3 Å². The number of hydrogen-bond donors (Lipinski definition) is 0. The maximum Gasteiger partial charge on any atom is 0.332 e. The molecule has 1 saturated carbocycles. The van der Waals surface area contributed by atoms with Crippen LogP contribution in [-0.4, -0.2) is 53.6 Å². The minimum atomic E-state index is -0.760. The van der Waals surface area contributed by atoms with Crippen molar-refractivity contribution in [3.05, 3.63) is 68.7 Å². The number of thiophene rings is 1. The lowest BCUT2D eigenvalue weighted by molar-refractivity contribution is -0.159. The van der Waals surface area contributed by atoms with Crippen LogP contribution in [0.4, 0.5) is 0 Å². The Bertz CT molecular complexity index is 1740. The van der Waals surface area contributed by atoms with Gasteiger partial charge in [-0.05, 0) is 51.2 Å². The molecular weight excluding hydrogens is 574 g/mol. The molecule has 0 bridgehead atoms. The number of methoxy groups -OCH3 is 2. The molecule has 0 spiro atoms. The van der Waals surface area contributed by atoms with Gasteiger partial charge in [0.15, 0.2) is 0 Å². The lowest BCUT2D eigenvalue weighted by Crippen LogP contribution is -2.51. The highest BCUT2D eigenvalue weighted by molar-refractivity contribution is 7.22. The summed E-state index contributed by atoms with van der Waals surface area (Å²) < 4.78 is 31.5. The third-order valence-electron chi connectivity index (χ3n) is 8.64. The van der Waals surface area contributed by atoms with Gasteiger partial charge in [-0.3, -0.25) is 18.7 Å². The second kappa shape index (κ2) is 11.7. The fourth-order valence-corrected chi connectivity index (χ4v) is 7.56. The van der Waals surface area contributed by atoms with Crippen LogP contribution in [0.3, 0.4) is 0 Å². The number of para-hydroxylation sites is 1. The van der Waals surface area contributed by atoms with E-state index >= 15 is 0 Å². The van der Waals surface area contributed by atoms with E-state index in [1.807, 2.05) is 31.2 Å². The molecule has 6 rings (SSSR count). The monoisotopic (exact) mass is 609 g/mol. The Labute approximate surface area is 252 Å². The van der Waals surface area contributed by atoms with Crippen LogP contribution < -0.4 is 16.0 Å². The highest BCUT2D eigenvalue weighted by atomic mass is 32.1. The summed E-state index contributed by atoms with van der Waals surface area (Å²) >= 11 is 1.30. The number of esters is 1. The average Bonchev–Trinajstić information content (AvgIpc) is 3.66. The van der Waals surface area contributed by atoms with Gasteiger partial charge in [0.25, 0.3) is 5.56 Å². The molecule has 4 aromatic rings. The zero-order valence-electron chi connectivity index (χ0n) is 24.7. The van der Waals surface area contributed by atoms with Gasteiger partial charge in [0.2, 0.25) is 5.89 Å². The molecule has 0 unspecified atom stereocenters. The molecule has 228 valence electrons. The van der Waals surface area contributed by atoms with Gasteiger partial charge in [-0.2, -0.15) is 0 Å². The summed E-state index contributed by atoms with van der Waals surface area (Å²) in [5.74, 6) is 0.676. The van der Waals surface area contributed by atoms with Crippen LogP contribution >= 0.6 is 11.3 Å². The first kappa shape index (κ1) is 29.3. The number of carbonyl (C=O) groups is 1. The zero-order valence-corrected chi connectivity index (χ0v) is 25.5. The molecule has 2 fully saturated rings. The molecule has 2 aliphatic rings. The first-order valence-corrected chi connectivity index (χ1v) is 15.2. The summed E-state index contributed by atoms with van der Waals surface area (Å²) in [6.45, 7) is 4.98. The smallest absolute Gasteiger partial charge is 0.332 e. The van der Waals surface area contributed by atoms with Crippen molar-refractivity contribution in [2.45, 2.75) is 64.3 Å². The van der Waals surface area contributed by atoms with E-state index in [4.69, 9.17) is 23.4 Å². The average molecular weight is 610 g/mol. The van der Waals surface area contributed by atoms with Crippen molar-refractivity contribution < 1.29 is 28.2 Å². The molecule has 11 nitrogen and oxygen atoms in total. The van der Waals surface area contributed by atoms with Crippen molar-refractivity contribution in [2.75, 3.05) is 27.4 Å². The first-order chi connectivity index (χ1) is 20.8. The number of ether oxygens (including phenoxy) is 4. The molecule has 1 aliphatic heterocycles. The van der Waals surface area contributed by atoms with Gasteiger partial charge >= 0.3 is 11.7 Å². The second-order valence-corrected chi connectivity index (χ2v) is 12.4. The van der Waals surface area contributed by atoms with E-state index in [9.17, 15) is 14.4 Å². The predicted molar refractivity (Wildman–Crippen MR) is 160 cm³/mol. The number of rotatable bonds is 9. The predicted octanol–water partition coefficient (Wildman–Crippen LogP) is 4.65. The highest BCUT2D eigenvalue weighted by Crippen LogP contribution is 2.48. The van der Waals surface area contributed by atoms with Crippen molar-refractivity contribution in [3.8, 4) is 16.5 Å². The van der Waals surface area contributed by atoms with E-state index in [0.29, 0.717) is 58.4 Å². The molecule has 0 N–H and O–H groups in total. The van der Waals surface area contributed by atoms with Gasteiger partial charge in [-0.1, -0.05) is 18.2 Å². The van der Waals surface area contributed by atoms with Crippen LogP contribution in [0.1, 0.15) is 55.9 Å². The summed E-state index contributed by atoms with van der Waals surface area (Å²) in [5.41, 5.74) is -0.116. The maximum absolute atomic E-state index is 14.4. The molecule has 1 aromatic carbocycles. The molecule has 0 radical (unpaired) electrons. The lowest BCUT2D eigenvalue weighted by Gasteiger charge is -2.43. The van der Waals surface area contributed by atoms with E-state index in [-0.39, 0.29) is 24.2 Å². The number of nitrogens with zero attached hydrogens (tertiary/aromatic N) is 3. The van der Waals surface area contributed by atoms with Crippen LogP contribution in [0.2, 0.25) is 0 Å². The Morgan fingerprint density at radius 3 is 2.60 bits per heavy atom. The number of hydrogen-bond acceptors (Lipinski definition) is 10. The van der Waals surface area contributed by atoms with Crippen LogP contribution in [0.15, 0.2) is 50.7 Å². The number of carbonyl (C=O) groups excluding carboxylic acids is 1. The Balaban J connectivity index is 1.51. The number of aromatic nitrogens is 3.